The second kappa shape index (κ2) is 7.66. The summed E-state index contributed by atoms with van der Waals surface area (Å²) in [6, 6.07) is 8.71. The van der Waals surface area contributed by atoms with Crippen molar-refractivity contribution in [3.8, 4) is 0 Å². The van der Waals surface area contributed by atoms with Crippen molar-refractivity contribution in [2.24, 2.45) is 0 Å². The van der Waals surface area contributed by atoms with Gasteiger partial charge in [-0.05, 0) is 24.0 Å². The van der Waals surface area contributed by atoms with Crippen LogP contribution < -0.4 is 0 Å². The molecule has 2 rings (SSSR count). The van der Waals surface area contributed by atoms with Gasteiger partial charge in [0.2, 0.25) is 0 Å². The summed E-state index contributed by atoms with van der Waals surface area (Å²) in [6.45, 7) is 5.84. The van der Waals surface area contributed by atoms with E-state index in [0.717, 1.165) is 19.4 Å². The topological polar surface area (TPSA) is 18.5 Å². The molecule has 0 radical (unpaired) electrons. The van der Waals surface area contributed by atoms with Gasteiger partial charge in [0.1, 0.15) is 6.10 Å². The standard InChI is InChI=1S/C17H26O2/c1-3-5-6-7-16-12-19-17(13-18-16)15-10-8-14(4-2)9-11-15/h8-11,16-17H,3-7,12-13H2,1-2H3/t16-,17-/m0/s1. The number of rotatable bonds is 6. The van der Waals surface area contributed by atoms with Gasteiger partial charge in [0, 0.05) is 0 Å². The van der Waals surface area contributed by atoms with Crippen molar-refractivity contribution in [1.82, 2.24) is 0 Å². The maximum absolute atomic E-state index is 5.96. The van der Waals surface area contributed by atoms with Gasteiger partial charge in [0.15, 0.2) is 0 Å². The average molecular weight is 262 g/mol. The molecule has 0 aromatic heterocycles. The minimum absolute atomic E-state index is 0.119. The molecule has 2 nitrogen and oxygen atoms in total. The van der Waals surface area contributed by atoms with E-state index in [2.05, 4.69) is 38.1 Å². The summed E-state index contributed by atoms with van der Waals surface area (Å²) in [7, 11) is 0. The zero-order valence-corrected chi connectivity index (χ0v) is 12.2. The molecule has 0 bridgehead atoms. The summed E-state index contributed by atoms with van der Waals surface area (Å²) >= 11 is 0. The quantitative estimate of drug-likeness (QED) is 0.712. The second-order valence-corrected chi connectivity index (χ2v) is 5.37. The first-order valence-electron chi connectivity index (χ1n) is 7.65. The molecule has 0 amide bonds. The third-order valence-electron chi connectivity index (χ3n) is 3.86. The monoisotopic (exact) mass is 262 g/mol. The lowest BCUT2D eigenvalue weighted by atomic mass is 10.0. The maximum Gasteiger partial charge on any atom is 0.106 e. The molecule has 0 saturated carbocycles. The van der Waals surface area contributed by atoms with Gasteiger partial charge in [-0.15, -0.1) is 0 Å². The molecular formula is C17H26O2. The van der Waals surface area contributed by atoms with Crippen molar-refractivity contribution < 1.29 is 9.47 Å². The number of ether oxygens (including phenoxy) is 2. The summed E-state index contributed by atoms with van der Waals surface area (Å²) in [5.41, 5.74) is 2.61. The van der Waals surface area contributed by atoms with Gasteiger partial charge < -0.3 is 9.47 Å². The number of benzene rings is 1. The van der Waals surface area contributed by atoms with Gasteiger partial charge in [-0.1, -0.05) is 57.4 Å². The van der Waals surface area contributed by atoms with Crippen LogP contribution in [-0.4, -0.2) is 19.3 Å². The van der Waals surface area contributed by atoms with Gasteiger partial charge in [-0.2, -0.15) is 0 Å². The highest BCUT2D eigenvalue weighted by Gasteiger charge is 2.22. The molecule has 0 aliphatic carbocycles. The van der Waals surface area contributed by atoms with Crippen molar-refractivity contribution in [3.63, 3.8) is 0 Å². The molecule has 1 aliphatic heterocycles. The van der Waals surface area contributed by atoms with Crippen molar-refractivity contribution in [3.05, 3.63) is 35.4 Å². The lowest BCUT2D eigenvalue weighted by Gasteiger charge is -2.30. The largest absolute Gasteiger partial charge is 0.373 e. The summed E-state index contributed by atoms with van der Waals surface area (Å²) in [4.78, 5) is 0. The lowest BCUT2D eigenvalue weighted by Crippen LogP contribution is -2.31. The molecule has 1 heterocycles. The Kier molecular flexibility index (Phi) is 5.87. The van der Waals surface area contributed by atoms with Gasteiger partial charge in [-0.3, -0.25) is 0 Å². The molecule has 0 N–H and O–H groups in total. The first-order valence-corrected chi connectivity index (χ1v) is 7.65. The van der Waals surface area contributed by atoms with E-state index in [0.29, 0.717) is 12.7 Å². The van der Waals surface area contributed by atoms with E-state index < -0.39 is 0 Å². The van der Waals surface area contributed by atoms with Crippen molar-refractivity contribution in [1.29, 1.82) is 0 Å². The van der Waals surface area contributed by atoms with Gasteiger partial charge >= 0.3 is 0 Å². The SMILES string of the molecule is CCCCC[C@H]1CO[C@H](c2ccc(CC)cc2)CO1. The van der Waals surface area contributed by atoms with E-state index in [1.54, 1.807) is 0 Å². The summed E-state index contributed by atoms with van der Waals surface area (Å²) in [5.74, 6) is 0. The van der Waals surface area contributed by atoms with Gasteiger partial charge in [0.05, 0.1) is 19.3 Å². The van der Waals surface area contributed by atoms with Crippen LogP contribution in [0.25, 0.3) is 0 Å². The molecule has 1 saturated heterocycles. The van der Waals surface area contributed by atoms with Crippen LogP contribution in [0.3, 0.4) is 0 Å². The first kappa shape index (κ1) is 14.5. The molecule has 2 atom stereocenters. The molecule has 1 aliphatic rings. The second-order valence-electron chi connectivity index (χ2n) is 5.37. The van der Waals surface area contributed by atoms with Crippen molar-refractivity contribution >= 4 is 0 Å². The predicted octanol–water partition coefficient (Wildman–Crippen LogP) is 4.29. The molecule has 0 unspecified atom stereocenters. The summed E-state index contributed by atoms with van der Waals surface area (Å²) in [5, 5.41) is 0. The van der Waals surface area contributed by atoms with Gasteiger partial charge in [-0.25, -0.2) is 0 Å². The fourth-order valence-electron chi connectivity index (χ4n) is 2.49. The molecule has 1 aromatic carbocycles. The van der Waals surface area contributed by atoms with E-state index in [4.69, 9.17) is 9.47 Å². The van der Waals surface area contributed by atoms with Crippen LogP contribution in [0.1, 0.15) is 56.8 Å². The molecular weight excluding hydrogens is 236 g/mol. The number of hydrogen-bond acceptors (Lipinski definition) is 2. The van der Waals surface area contributed by atoms with E-state index >= 15 is 0 Å². The van der Waals surface area contributed by atoms with Crippen LogP contribution in [0.2, 0.25) is 0 Å². The van der Waals surface area contributed by atoms with Crippen LogP contribution in [0.5, 0.6) is 0 Å². The zero-order chi connectivity index (χ0) is 13.5. The Bertz CT molecular complexity index is 350. The minimum Gasteiger partial charge on any atom is -0.373 e. The molecule has 1 fully saturated rings. The van der Waals surface area contributed by atoms with E-state index in [1.807, 2.05) is 0 Å². The van der Waals surface area contributed by atoms with E-state index in [1.165, 1.54) is 30.4 Å². The molecule has 1 aromatic rings. The third kappa shape index (κ3) is 4.32. The van der Waals surface area contributed by atoms with E-state index in [9.17, 15) is 0 Å². The van der Waals surface area contributed by atoms with Crippen LogP contribution in [0.15, 0.2) is 24.3 Å². The highest BCUT2D eigenvalue weighted by Crippen LogP contribution is 2.25. The van der Waals surface area contributed by atoms with Crippen molar-refractivity contribution in [2.75, 3.05) is 13.2 Å². The molecule has 106 valence electrons. The highest BCUT2D eigenvalue weighted by atomic mass is 16.6. The summed E-state index contributed by atoms with van der Waals surface area (Å²) < 4.78 is 11.9. The van der Waals surface area contributed by atoms with Crippen LogP contribution >= 0.6 is 0 Å². The number of hydrogen-bond donors (Lipinski definition) is 0. The smallest absolute Gasteiger partial charge is 0.106 e. The Hall–Kier alpha value is -0.860. The van der Waals surface area contributed by atoms with Gasteiger partial charge in [0.25, 0.3) is 0 Å². The van der Waals surface area contributed by atoms with Crippen LogP contribution in [0.4, 0.5) is 0 Å². The minimum atomic E-state index is 0.119. The normalized spacial score (nSPS) is 23.5. The fourth-order valence-corrected chi connectivity index (χ4v) is 2.49. The average Bonchev–Trinajstić information content (AvgIpc) is 2.48. The van der Waals surface area contributed by atoms with Crippen LogP contribution in [0, 0.1) is 0 Å². The molecule has 19 heavy (non-hydrogen) atoms. The first-order chi connectivity index (χ1) is 9.33. The highest BCUT2D eigenvalue weighted by molar-refractivity contribution is 5.24. The Morgan fingerprint density at radius 1 is 1.00 bits per heavy atom. The Morgan fingerprint density at radius 2 is 1.79 bits per heavy atom. The third-order valence-corrected chi connectivity index (χ3v) is 3.86. The molecule has 0 spiro atoms. The Balaban J connectivity index is 1.78. The predicted molar refractivity (Wildman–Crippen MR) is 78.4 cm³/mol. The van der Waals surface area contributed by atoms with Crippen LogP contribution in [-0.2, 0) is 15.9 Å². The number of unbranched alkanes of at least 4 members (excludes halogenated alkanes) is 2. The summed E-state index contributed by atoms with van der Waals surface area (Å²) in [6.07, 6.45) is 6.45. The molecule has 2 heteroatoms. The Labute approximate surface area is 117 Å². The number of aryl methyl sites for hydroxylation is 1. The maximum atomic E-state index is 5.96. The van der Waals surface area contributed by atoms with Crippen molar-refractivity contribution in [2.45, 2.75) is 58.2 Å². The zero-order valence-electron chi connectivity index (χ0n) is 12.2. The lowest BCUT2D eigenvalue weighted by molar-refractivity contribution is -0.137. The Morgan fingerprint density at radius 3 is 2.37 bits per heavy atom. The fraction of sp³-hybridized carbons (Fsp3) is 0.647. The van der Waals surface area contributed by atoms with E-state index in [-0.39, 0.29) is 6.10 Å².